The molecule has 0 fully saturated rings. The van der Waals surface area contributed by atoms with Gasteiger partial charge in [0.2, 0.25) is 5.75 Å². The normalized spacial score (nSPS) is 11.4. The number of nitrogens with one attached hydrogen (secondary N) is 2. The number of ether oxygens (including phenoxy) is 4. The van der Waals surface area contributed by atoms with E-state index in [1.165, 1.54) is 64.9 Å². The molecule has 0 aliphatic rings. The van der Waals surface area contributed by atoms with E-state index in [9.17, 15) is 23.4 Å². The van der Waals surface area contributed by atoms with Gasteiger partial charge in [0.25, 0.3) is 5.91 Å². The fourth-order valence-corrected chi connectivity index (χ4v) is 3.40. The minimum Gasteiger partial charge on any atom is -0.508 e. The number of carbonyl (C=O) groups excluding carboxylic acids is 1. The zero-order valence-corrected chi connectivity index (χ0v) is 19.1. The van der Waals surface area contributed by atoms with E-state index in [1.807, 2.05) is 4.72 Å². The van der Waals surface area contributed by atoms with Gasteiger partial charge in [-0.1, -0.05) is 0 Å². The highest BCUT2D eigenvalue weighted by Gasteiger charge is 2.15. The van der Waals surface area contributed by atoms with Gasteiger partial charge in [-0.15, -0.1) is 0 Å². The summed E-state index contributed by atoms with van der Waals surface area (Å²) < 4.78 is 48.7. The maximum Gasteiger partial charge on any atom is 0.323 e. The van der Waals surface area contributed by atoms with Crippen molar-refractivity contribution < 1.29 is 42.4 Å². The SMILES string of the molecule is COc1cc(O)cc(OC)c1C=CC(=O)NS(=O)(=O)NC=Cc1ccc(O)c(OC)c1OC. The van der Waals surface area contributed by atoms with Crippen molar-refractivity contribution in [3.63, 3.8) is 0 Å². The van der Waals surface area contributed by atoms with Crippen LogP contribution in [0.2, 0.25) is 0 Å². The first-order valence-electron chi connectivity index (χ1n) is 9.23. The van der Waals surface area contributed by atoms with Gasteiger partial charge < -0.3 is 29.2 Å². The quantitative estimate of drug-likeness (QED) is 0.373. The predicted octanol–water partition coefficient (Wildman–Crippen LogP) is 1.77. The van der Waals surface area contributed by atoms with Crippen LogP contribution < -0.4 is 28.4 Å². The van der Waals surface area contributed by atoms with Crippen molar-refractivity contribution in [2.45, 2.75) is 0 Å². The molecular weight excluding hydrogens is 456 g/mol. The summed E-state index contributed by atoms with van der Waals surface area (Å²) in [5.74, 6) is -0.481. The van der Waals surface area contributed by atoms with Gasteiger partial charge in [0, 0.05) is 30.0 Å². The van der Waals surface area contributed by atoms with Crippen molar-refractivity contribution in [1.82, 2.24) is 9.44 Å². The van der Waals surface area contributed by atoms with E-state index in [-0.39, 0.29) is 34.5 Å². The first-order valence-corrected chi connectivity index (χ1v) is 10.7. The molecule has 0 bridgehead atoms. The van der Waals surface area contributed by atoms with E-state index in [0.717, 1.165) is 12.3 Å². The summed E-state index contributed by atoms with van der Waals surface area (Å²) in [4.78, 5) is 12.1. The maximum atomic E-state index is 12.2. The summed E-state index contributed by atoms with van der Waals surface area (Å²) in [6, 6.07) is 5.47. The number of carbonyl (C=O) groups is 1. The van der Waals surface area contributed by atoms with Gasteiger partial charge in [-0.2, -0.15) is 8.42 Å². The number of hydrogen-bond donors (Lipinski definition) is 4. The molecule has 0 aliphatic carbocycles. The van der Waals surface area contributed by atoms with E-state index in [4.69, 9.17) is 18.9 Å². The lowest BCUT2D eigenvalue weighted by molar-refractivity contribution is -0.114. The minimum absolute atomic E-state index is 0.0843. The Morgan fingerprint density at radius 2 is 1.52 bits per heavy atom. The molecular formula is C21H24N2O9S. The van der Waals surface area contributed by atoms with Gasteiger partial charge in [-0.3, -0.25) is 9.52 Å². The van der Waals surface area contributed by atoms with Gasteiger partial charge in [0.15, 0.2) is 11.5 Å². The molecule has 0 saturated heterocycles. The van der Waals surface area contributed by atoms with Crippen LogP contribution in [0.4, 0.5) is 0 Å². The molecule has 2 aromatic rings. The van der Waals surface area contributed by atoms with Crippen molar-refractivity contribution in [2.75, 3.05) is 28.4 Å². The first kappa shape index (κ1) is 25.2. The van der Waals surface area contributed by atoms with Crippen LogP contribution in [-0.4, -0.2) is 53.0 Å². The zero-order chi connectivity index (χ0) is 24.6. The second kappa shape index (κ2) is 11.0. The van der Waals surface area contributed by atoms with Crippen molar-refractivity contribution in [3.05, 3.63) is 47.7 Å². The topological polar surface area (TPSA) is 153 Å². The fraction of sp³-hybridized carbons (Fsp3) is 0.190. The smallest absolute Gasteiger partial charge is 0.323 e. The third-order valence-corrected chi connectivity index (χ3v) is 5.10. The van der Waals surface area contributed by atoms with Gasteiger partial charge in [0.05, 0.1) is 34.0 Å². The molecule has 12 heteroatoms. The average Bonchev–Trinajstić information content (AvgIpc) is 2.77. The molecule has 2 rings (SSSR count). The largest absolute Gasteiger partial charge is 0.508 e. The highest BCUT2D eigenvalue weighted by Crippen LogP contribution is 2.39. The summed E-state index contributed by atoms with van der Waals surface area (Å²) in [5.41, 5.74) is 0.735. The highest BCUT2D eigenvalue weighted by atomic mass is 32.2. The number of aromatic hydroxyl groups is 2. The molecule has 0 atom stereocenters. The molecule has 178 valence electrons. The molecule has 1 amide bonds. The average molecular weight is 480 g/mol. The van der Waals surface area contributed by atoms with Crippen LogP contribution in [0.1, 0.15) is 11.1 Å². The third-order valence-electron chi connectivity index (χ3n) is 4.18. The van der Waals surface area contributed by atoms with Crippen LogP contribution >= 0.6 is 0 Å². The Bertz CT molecular complexity index is 1150. The summed E-state index contributed by atoms with van der Waals surface area (Å²) in [5, 5.41) is 19.5. The van der Waals surface area contributed by atoms with Crippen LogP contribution in [-0.2, 0) is 15.0 Å². The number of rotatable bonds is 10. The van der Waals surface area contributed by atoms with E-state index in [2.05, 4.69) is 4.72 Å². The van der Waals surface area contributed by atoms with E-state index in [1.54, 1.807) is 0 Å². The van der Waals surface area contributed by atoms with Gasteiger partial charge >= 0.3 is 10.2 Å². The van der Waals surface area contributed by atoms with Gasteiger partial charge in [-0.05, 0) is 24.3 Å². The Balaban J connectivity index is 2.13. The molecule has 33 heavy (non-hydrogen) atoms. The number of methoxy groups -OCH3 is 4. The lowest BCUT2D eigenvalue weighted by Gasteiger charge is -2.12. The molecule has 0 radical (unpaired) electrons. The number of phenolic OH excluding ortho intramolecular Hbond substituents is 2. The zero-order valence-electron chi connectivity index (χ0n) is 18.3. The minimum atomic E-state index is -4.25. The Kier molecular flexibility index (Phi) is 8.40. The summed E-state index contributed by atoms with van der Waals surface area (Å²) in [7, 11) is 1.20. The molecule has 0 aromatic heterocycles. The highest BCUT2D eigenvalue weighted by molar-refractivity contribution is 7.88. The predicted molar refractivity (Wildman–Crippen MR) is 121 cm³/mol. The van der Waals surface area contributed by atoms with Crippen molar-refractivity contribution >= 4 is 28.3 Å². The Labute approximate surface area is 191 Å². The van der Waals surface area contributed by atoms with Gasteiger partial charge in [0.1, 0.15) is 17.2 Å². The standard InChI is InChI=1S/C21H24N2O9S/c1-29-17-11-14(24)12-18(30-2)15(17)6-8-19(26)23-33(27,28)22-10-9-13-5-7-16(25)21(32-4)20(13)31-3/h5-12,22,24-25H,1-4H3,(H,23,26). The summed E-state index contributed by atoms with van der Waals surface area (Å²) >= 11 is 0. The Hall–Kier alpha value is -4.06. The molecule has 0 spiro atoms. The Morgan fingerprint density at radius 3 is 2.06 bits per heavy atom. The molecule has 11 nitrogen and oxygen atoms in total. The Morgan fingerprint density at radius 1 is 0.909 bits per heavy atom. The number of phenols is 2. The lowest BCUT2D eigenvalue weighted by atomic mass is 10.1. The first-order chi connectivity index (χ1) is 15.6. The van der Waals surface area contributed by atoms with E-state index >= 15 is 0 Å². The van der Waals surface area contributed by atoms with Crippen LogP contribution in [0.3, 0.4) is 0 Å². The van der Waals surface area contributed by atoms with Crippen LogP contribution in [0.25, 0.3) is 12.2 Å². The number of hydrogen-bond acceptors (Lipinski definition) is 9. The lowest BCUT2D eigenvalue weighted by Crippen LogP contribution is -2.36. The van der Waals surface area contributed by atoms with Crippen molar-refractivity contribution in [1.29, 1.82) is 0 Å². The third kappa shape index (κ3) is 6.46. The second-order valence-corrected chi connectivity index (χ2v) is 7.71. The van der Waals surface area contributed by atoms with Crippen molar-refractivity contribution in [3.8, 4) is 34.5 Å². The van der Waals surface area contributed by atoms with Crippen LogP contribution in [0, 0.1) is 0 Å². The molecule has 0 saturated carbocycles. The number of benzene rings is 2. The van der Waals surface area contributed by atoms with E-state index < -0.39 is 16.1 Å². The van der Waals surface area contributed by atoms with Crippen LogP contribution in [0.5, 0.6) is 34.5 Å². The van der Waals surface area contributed by atoms with Crippen molar-refractivity contribution in [2.24, 2.45) is 0 Å². The number of amides is 1. The fourth-order valence-electron chi connectivity index (χ4n) is 2.76. The maximum absolute atomic E-state index is 12.2. The monoisotopic (exact) mass is 480 g/mol. The molecule has 2 aromatic carbocycles. The van der Waals surface area contributed by atoms with Gasteiger partial charge in [-0.25, -0.2) is 4.72 Å². The summed E-state index contributed by atoms with van der Waals surface area (Å²) in [6.07, 6.45) is 4.67. The van der Waals surface area contributed by atoms with Crippen LogP contribution in [0.15, 0.2) is 36.5 Å². The molecule has 0 aliphatic heterocycles. The molecule has 4 N–H and O–H groups in total. The molecule has 0 unspecified atom stereocenters. The summed E-state index contributed by atoms with van der Waals surface area (Å²) in [6.45, 7) is 0. The molecule has 0 heterocycles. The van der Waals surface area contributed by atoms with E-state index in [0.29, 0.717) is 11.1 Å². The second-order valence-electron chi connectivity index (χ2n) is 6.26.